The third-order valence-corrected chi connectivity index (χ3v) is 4.23. The summed E-state index contributed by atoms with van der Waals surface area (Å²) in [6.07, 6.45) is 0.711. The Bertz CT molecular complexity index is 275. The van der Waals surface area contributed by atoms with Gasteiger partial charge in [-0.2, -0.15) is 5.26 Å². The van der Waals surface area contributed by atoms with Crippen LogP contribution in [0.1, 0.15) is 27.2 Å². The fraction of sp³-hybridized carbons (Fsp3) is 0.857. The van der Waals surface area contributed by atoms with Gasteiger partial charge in [0.25, 0.3) is 0 Å². The SMILES string of the molecule is CCC(C)(C#N)SC(C)OP(O)(=S)S. The molecule has 0 saturated carbocycles. The summed E-state index contributed by atoms with van der Waals surface area (Å²) in [6.45, 7) is 5.51. The van der Waals surface area contributed by atoms with E-state index in [1.54, 1.807) is 6.92 Å². The van der Waals surface area contributed by atoms with Crippen LogP contribution in [-0.2, 0) is 16.3 Å². The lowest BCUT2D eigenvalue weighted by Crippen LogP contribution is -2.20. The van der Waals surface area contributed by atoms with Crippen molar-refractivity contribution in [2.75, 3.05) is 0 Å². The molecule has 3 unspecified atom stereocenters. The first-order valence-electron chi connectivity index (χ1n) is 4.05. The van der Waals surface area contributed by atoms with Crippen LogP contribution in [0.4, 0.5) is 0 Å². The van der Waals surface area contributed by atoms with Crippen LogP contribution in [0.2, 0.25) is 0 Å². The first kappa shape index (κ1) is 14.8. The van der Waals surface area contributed by atoms with Gasteiger partial charge in [-0.25, -0.2) is 0 Å². The van der Waals surface area contributed by atoms with Gasteiger partial charge < -0.3 is 9.42 Å². The maximum Gasteiger partial charge on any atom is 0.242 e. The number of nitriles is 1. The quantitative estimate of drug-likeness (QED) is 0.457. The number of thiol groups is 1. The van der Waals surface area contributed by atoms with Crippen LogP contribution < -0.4 is 0 Å². The number of nitrogens with zero attached hydrogens (tertiary/aromatic N) is 1. The van der Waals surface area contributed by atoms with Crippen LogP contribution in [0.15, 0.2) is 0 Å². The van der Waals surface area contributed by atoms with Gasteiger partial charge in [-0.1, -0.05) is 19.2 Å². The number of hydrogen-bond acceptors (Lipinski definition) is 4. The molecule has 0 bridgehead atoms. The molecule has 0 aromatic carbocycles. The van der Waals surface area contributed by atoms with E-state index < -0.39 is 10.4 Å². The molecule has 0 aromatic heterocycles. The molecule has 82 valence electrons. The Hall–Kier alpha value is 0.760. The number of rotatable bonds is 5. The second-order valence-corrected chi connectivity index (χ2v) is 9.89. The van der Waals surface area contributed by atoms with Crippen molar-refractivity contribution in [1.29, 1.82) is 5.26 Å². The molecular formula is C7H14NO2PS3. The van der Waals surface area contributed by atoms with E-state index in [9.17, 15) is 4.89 Å². The highest BCUT2D eigenvalue weighted by atomic mass is 32.9. The molecule has 1 N–H and O–H groups in total. The predicted molar refractivity (Wildman–Crippen MR) is 67.9 cm³/mol. The zero-order valence-corrected chi connectivity index (χ0v) is 11.7. The molecule has 0 aliphatic carbocycles. The van der Waals surface area contributed by atoms with Crippen LogP contribution >= 0.6 is 29.7 Å². The van der Waals surface area contributed by atoms with Crippen LogP contribution in [-0.4, -0.2) is 15.1 Å². The van der Waals surface area contributed by atoms with E-state index in [-0.39, 0.29) is 5.44 Å². The third kappa shape index (κ3) is 6.28. The average molecular weight is 271 g/mol. The Morgan fingerprint density at radius 2 is 2.36 bits per heavy atom. The van der Waals surface area contributed by atoms with Gasteiger partial charge in [-0.05, 0) is 32.1 Å². The lowest BCUT2D eigenvalue weighted by atomic mass is 10.1. The maximum absolute atomic E-state index is 9.20. The molecule has 0 amide bonds. The minimum absolute atomic E-state index is 0.326. The first-order chi connectivity index (χ1) is 6.22. The molecule has 0 aliphatic heterocycles. The third-order valence-electron chi connectivity index (χ3n) is 1.62. The smallest absolute Gasteiger partial charge is 0.242 e. The lowest BCUT2D eigenvalue weighted by Gasteiger charge is -2.24. The highest BCUT2D eigenvalue weighted by Crippen LogP contribution is 2.51. The largest absolute Gasteiger partial charge is 0.338 e. The molecule has 0 aromatic rings. The molecule has 0 fully saturated rings. The van der Waals surface area contributed by atoms with E-state index in [0.717, 1.165) is 0 Å². The highest BCUT2D eigenvalue weighted by Gasteiger charge is 2.27. The monoisotopic (exact) mass is 271 g/mol. The highest BCUT2D eigenvalue weighted by molar-refractivity contribution is 8.59. The van der Waals surface area contributed by atoms with Gasteiger partial charge in [0.2, 0.25) is 5.69 Å². The van der Waals surface area contributed by atoms with E-state index in [0.29, 0.717) is 6.42 Å². The van der Waals surface area contributed by atoms with Crippen molar-refractivity contribution in [3.63, 3.8) is 0 Å². The molecule has 3 nitrogen and oxygen atoms in total. The minimum Gasteiger partial charge on any atom is -0.338 e. The summed E-state index contributed by atoms with van der Waals surface area (Å²) >= 11 is 9.74. The normalized spacial score (nSPS) is 21.7. The number of hydrogen-bond donors (Lipinski definition) is 2. The second kappa shape index (κ2) is 5.74. The van der Waals surface area contributed by atoms with E-state index in [2.05, 4.69) is 30.1 Å². The van der Waals surface area contributed by atoms with Gasteiger partial charge in [0, 0.05) is 0 Å². The Kier molecular flexibility index (Phi) is 6.05. The van der Waals surface area contributed by atoms with E-state index in [1.165, 1.54) is 11.8 Å². The Balaban J connectivity index is 4.26. The van der Waals surface area contributed by atoms with Crippen molar-refractivity contribution in [2.24, 2.45) is 0 Å². The first-order valence-corrected chi connectivity index (χ1v) is 8.76. The molecule has 0 saturated heterocycles. The molecular weight excluding hydrogens is 257 g/mol. The van der Waals surface area contributed by atoms with Crippen LogP contribution in [0.3, 0.4) is 0 Å². The zero-order valence-electron chi connectivity index (χ0n) is 8.30. The van der Waals surface area contributed by atoms with Gasteiger partial charge in [-0.15, -0.1) is 11.8 Å². The summed E-state index contributed by atoms with van der Waals surface area (Å²) in [7, 11) is 0. The molecule has 14 heavy (non-hydrogen) atoms. The van der Waals surface area contributed by atoms with E-state index in [1.807, 2.05) is 13.8 Å². The van der Waals surface area contributed by atoms with Crippen molar-refractivity contribution < 1.29 is 9.42 Å². The van der Waals surface area contributed by atoms with E-state index in [4.69, 9.17) is 9.79 Å². The predicted octanol–water partition coefficient (Wildman–Crippen LogP) is 2.92. The summed E-state index contributed by atoms with van der Waals surface area (Å²) in [6, 6.07) is 2.20. The Morgan fingerprint density at radius 1 is 1.86 bits per heavy atom. The molecule has 0 spiro atoms. The molecule has 0 radical (unpaired) electrons. The summed E-state index contributed by atoms with van der Waals surface area (Å²) in [5, 5.41) is 8.91. The molecule has 7 heteroatoms. The van der Waals surface area contributed by atoms with Gasteiger partial charge in [0.15, 0.2) is 0 Å². The van der Waals surface area contributed by atoms with Gasteiger partial charge in [0.05, 0.1) is 6.07 Å². The van der Waals surface area contributed by atoms with Crippen LogP contribution in [0.25, 0.3) is 0 Å². The van der Waals surface area contributed by atoms with Gasteiger partial charge in [-0.3, -0.25) is 0 Å². The lowest BCUT2D eigenvalue weighted by molar-refractivity contribution is 0.309. The van der Waals surface area contributed by atoms with Gasteiger partial charge in [0.1, 0.15) is 10.2 Å². The summed E-state index contributed by atoms with van der Waals surface area (Å²) < 4.78 is 4.59. The number of thioether (sulfide) groups is 1. The zero-order chi connectivity index (χ0) is 11.4. The van der Waals surface area contributed by atoms with Crippen LogP contribution in [0.5, 0.6) is 0 Å². The second-order valence-electron chi connectivity index (χ2n) is 2.98. The fourth-order valence-electron chi connectivity index (χ4n) is 0.770. The Labute approximate surface area is 99.5 Å². The van der Waals surface area contributed by atoms with Crippen molar-refractivity contribution in [3.05, 3.63) is 0 Å². The van der Waals surface area contributed by atoms with Gasteiger partial charge >= 0.3 is 0 Å². The van der Waals surface area contributed by atoms with Crippen molar-refractivity contribution in [1.82, 2.24) is 0 Å². The molecule has 0 aliphatic rings. The fourth-order valence-corrected chi connectivity index (χ4v) is 3.82. The minimum atomic E-state index is -2.93. The molecule has 0 heterocycles. The summed E-state index contributed by atoms with van der Waals surface area (Å²) in [5.41, 5.74) is -3.26. The Morgan fingerprint density at radius 3 is 2.64 bits per heavy atom. The maximum atomic E-state index is 9.20. The van der Waals surface area contributed by atoms with Crippen LogP contribution in [0, 0.1) is 11.3 Å². The van der Waals surface area contributed by atoms with Crippen molar-refractivity contribution in [3.8, 4) is 6.07 Å². The molecule has 0 rings (SSSR count). The summed E-state index contributed by atoms with van der Waals surface area (Å²) in [4.78, 5) is 9.20. The average Bonchev–Trinajstić information content (AvgIpc) is 2.00. The standard InChI is InChI=1S/C7H14NO2PS3/c1-4-7(3,5-8)14-6(2)10-11(9,12)13/h6H,4H2,1-3H3,(H2,9,12,13). The topological polar surface area (TPSA) is 53.2 Å². The van der Waals surface area contributed by atoms with Crippen molar-refractivity contribution >= 4 is 41.5 Å². The van der Waals surface area contributed by atoms with Crippen molar-refractivity contribution in [2.45, 2.75) is 37.4 Å². The molecule has 3 atom stereocenters. The van der Waals surface area contributed by atoms with E-state index >= 15 is 0 Å². The summed E-state index contributed by atoms with van der Waals surface area (Å²) in [5.74, 6) is 0.